The number of carbonyl (C=O) groups is 3. The van der Waals surface area contributed by atoms with Crippen molar-refractivity contribution in [2.75, 3.05) is 0 Å². The number of aldehydes is 1. The molecule has 0 amide bonds. The molecule has 0 radical (unpaired) electrons. The Labute approximate surface area is 210 Å². The van der Waals surface area contributed by atoms with Gasteiger partial charge >= 0.3 is 0 Å². The topological polar surface area (TPSA) is 51.2 Å². The maximum absolute atomic E-state index is 12.9. The van der Waals surface area contributed by atoms with Crippen molar-refractivity contribution in [2.45, 2.75) is 65.7 Å². The van der Waals surface area contributed by atoms with Gasteiger partial charge in [0.2, 0.25) is 0 Å². The summed E-state index contributed by atoms with van der Waals surface area (Å²) in [5.74, 6) is 1.64. The van der Waals surface area contributed by atoms with Crippen LogP contribution in [0, 0.1) is 17.8 Å². The van der Waals surface area contributed by atoms with E-state index in [4.69, 9.17) is 0 Å². The lowest BCUT2D eigenvalue weighted by Gasteiger charge is -2.33. The molecule has 1 fully saturated rings. The summed E-state index contributed by atoms with van der Waals surface area (Å²) in [6.07, 6.45) is 12.7. The van der Waals surface area contributed by atoms with Gasteiger partial charge in [0.25, 0.3) is 0 Å². The average molecular weight is 471 g/mol. The Morgan fingerprint density at radius 1 is 0.943 bits per heavy atom. The van der Waals surface area contributed by atoms with Gasteiger partial charge < -0.3 is 0 Å². The molecule has 3 heteroatoms. The molecule has 1 aliphatic carbocycles. The molecule has 0 N–H and O–H groups in total. The number of allylic oxidation sites excluding steroid dienone is 4. The highest BCUT2D eigenvalue weighted by Gasteiger charge is 2.31. The Hall–Kier alpha value is -3.07. The summed E-state index contributed by atoms with van der Waals surface area (Å²) in [6, 6.07) is 15.7. The van der Waals surface area contributed by atoms with E-state index >= 15 is 0 Å². The molecule has 1 saturated carbocycles. The van der Waals surface area contributed by atoms with Crippen LogP contribution in [0.5, 0.6) is 0 Å². The Morgan fingerprint density at radius 2 is 1.54 bits per heavy atom. The van der Waals surface area contributed by atoms with E-state index in [-0.39, 0.29) is 11.7 Å². The van der Waals surface area contributed by atoms with Crippen molar-refractivity contribution < 1.29 is 14.4 Å². The minimum absolute atomic E-state index is 0.133. The molecule has 35 heavy (non-hydrogen) atoms. The number of hydrogen-bond acceptors (Lipinski definition) is 3. The van der Waals surface area contributed by atoms with Crippen molar-refractivity contribution >= 4 is 17.9 Å². The number of ketones is 2. The summed E-state index contributed by atoms with van der Waals surface area (Å²) in [5.41, 5.74) is 4.68. The minimum Gasteiger partial charge on any atom is -0.299 e. The number of Topliss-reactive ketones (excluding diaryl/α,β-unsaturated/α-hetero) is 2. The summed E-state index contributed by atoms with van der Waals surface area (Å²) in [5, 5.41) is 0. The van der Waals surface area contributed by atoms with Crippen molar-refractivity contribution in [3.05, 3.63) is 83.5 Å². The monoisotopic (exact) mass is 470 g/mol. The fourth-order valence-electron chi connectivity index (χ4n) is 5.30. The molecular formula is C32H38O3. The molecule has 1 atom stereocenters. The second-order valence-electron chi connectivity index (χ2n) is 9.88. The Bertz CT molecular complexity index is 1050. The molecule has 3 rings (SSSR count). The molecule has 0 aromatic heterocycles. The predicted molar refractivity (Wildman–Crippen MR) is 143 cm³/mol. The second kappa shape index (κ2) is 13.1. The lowest BCUT2D eigenvalue weighted by Crippen LogP contribution is -2.27. The van der Waals surface area contributed by atoms with E-state index in [0.29, 0.717) is 36.0 Å². The van der Waals surface area contributed by atoms with Crippen LogP contribution in [0.15, 0.2) is 72.3 Å². The van der Waals surface area contributed by atoms with E-state index in [1.54, 1.807) is 0 Å². The zero-order valence-electron chi connectivity index (χ0n) is 21.3. The first kappa shape index (κ1) is 26.5. The number of benzene rings is 2. The molecule has 0 heterocycles. The zero-order chi connectivity index (χ0) is 25.2. The van der Waals surface area contributed by atoms with Gasteiger partial charge in [-0.05, 0) is 73.6 Å². The van der Waals surface area contributed by atoms with Crippen LogP contribution in [0.3, 0.4) is 0 Å². The molecule has 2 aromatic rings. The predicted octanol–water partition coefficient (Wildman–Crippen LogP) is 7.59. The first-order valence-electron chi connectivity index (χ1n) is 12.9. The van der Waals surface area contributed by atoms with Crippen molar-refractivity contribution in [3.8, 4) is 11.1 Å². The third kappa shape index (κ3) is 7.45. The SMILES string of the molecule is CC=CC=C(C)C(=O)C1CCC(C(CC)CC(=O)Cc2ccc(-c3ccc(C=O)cc3)cc2)CC1. The van der Waals surface area contributed by atoms with Crippen molar-refractivity contribution in [2.24, 2.45) is 17.8 Å². The molecule has 0 bridgehead atoms. The van der Waals surface area contributed by atoms with E-state index in [2.05, 4.69) is 6.92 Å². The normalized spacial score (nSPS) is 19.5. The van der Waals surface area contributed by atoms with Crippen molar-refractivity contribution in [1.29, 1.82) is 0 Å². The zero-order valence-corrected chi connectivity index (χ0v) is 21.3. The number of hydrogen-bond donors (Lipinski definition) is 0. The van der Waals surface area contributed by atoms with E-state index in [9.17, 15) is 14.4 Å². The Morgan fingerprint density at radius 3 is 2.09 bits per heavy atom. The lowest BCUT2D eigenvalue weighted by atomic mass is 9.71. The molecule has 1 aliphatic rings. The van der Waals surface area contributed by atoms with Crippen LogP contribution >= 0.6 is 0 Å². The Balaban J connectivity index is 1.51. The quantitative estimate of drug-likeness (QED) is 0.193. The van der Waals surface area contributed by atoms with Gasteiger partial charge in [-0.15, -0.1) is 0 Å². The first-order chi connectivity index (χ1) is 16.9. The summed E-state index contributed by atoms with van der Waals surface area (Å²) in [7, 11) is 0. The average Bonchev–Trinajstić information content (AvgIpc) is 2.90. The molecule has 2 aromatic carbocycles. The maximum Gasteiger partial charge on any atom is 0.161 e. The lowest BCUT2D eigenvalue weighted by molar-refractivity contribution is -0.122. The molecular weight excluding hydrogens is 432 g/mol. The molecule has 0 aliphatic heterocycles. The van der Waals surface area contributed by atoms with Gasteiger partial charge in [0.05, 0.1) is 0 Å². The molecule has 0 spiro atoms. The van der Waals surface area contributed by atoms with Gasteiger partial charge in [0, 0.05) is 24.3 Å². The van der Waals surface area contributed by atoms with E-state index in [1.807, 2.05) is 80.6 Å². The van der Waals surface area contributed by atoms with Crippen LogP contribution in [0.25, 0.3) is 11.1 Å². The van der Waals surface area contributed by atoms with Gasteiger partial charge in [0.15, 0.2) is 5.78 Å². The highest BCUT2D eigenvalue weighted by molar-refractivity contribution is 5.96. The van der Waals surface area contributed by atoms with Gasteiger partial charge in [0.1, 0.15) is 12.1 Å². The third-order valence-electron chi connectivity index (χ3n) is 7.49. The first-order valence-corrected chi connectivity index (χ1v) is 12.9. The molecule has 3 nitrogen and oxygen atoms in total. The molecule has 1 unspecified atom stereocenters. The van der Waals surface area contributed by atoms with E-state index in [1.165, 1.54) is 0 Å². The molecule has 0 saturated heterocycles. The highest BCUT2D eigenvalue weighted by Crippen LogP contribution is 2.37. The number of carbonyl (C=O) groups excluding carboxylic acids is 3. The van der Waals surface area contributed by atoms with Crippen LogP contribution in [0.1, 0.15) is 75.2 Å². The molecule has 184 valence electrons. The fraction of sp³-hybridized carbons (Fsp3) is 0.406. The van der Waals surface area contributed by atoms with Crippen molar-refractivity contribution in [3.63, 3.8) is 0 Å². The van der Waals surface area contributed by atoms with Crippen LogP contribution < -0.4 is 0 Å². The minimum atomic E-state index is 0.133. The Kier molecular flexibility index (Phi) is 9.96. The third-order valence-corrected chi connectivity index (χ3v) is 7.49. The summed E-state index contributed by atoms with van der Waals surface area (Å²) < 4.78 is 0. The highest BCUT2D eigenvalue weighted by atomic mass is 16.1. The van der Waals surface area contributed by atoms with Crippen molar-refractivity contribution in [1.82, 2.24) is 0 Å². The van der Waals surface area contributed by atoms with E-state index in [0.717, 1.165) is 60.7 Å². The maximum atomic E-state index is 12.9. The number of rotatable bonds is 11. The van der Waals surface area contributed by atoms with Gasteiger partial charge in [-0.2, -0.15) is 0 Å². The van der Waals surface area contributed by atoms with E-state index < -0.39 is 0 Å². The van der Waals surface area contributed by atoms with Crippen LogP contribution in [-0.4, -0.2) is 17.9 Å². The standard InChI is InChI=1S/C32H38O3/c1-4-6-7-23(3)32(35)30-18-16-27(17-19-30)26(5-2)21-31(34)20-24-8-12-28(13-9-24)29-14-10-25(22-33)11-15-29/h4,6-15,22,26-27,30H,5,16-21H2,1-3H3. The van der Waals surface area contributed by atoms with Crippen LogP contribution in [-0.2, 0) is 16.0 Å². The summed E-state index contributed by atoms with van der Waals surface area (Å²) in [4.78, 5) is 36.5. The second-order valence-corrected chi connectivity index (χ2v) is 9.88. The fourth-order valence-corrected chi connectivity index (χ4v) is 5.30. The van der Waals surface area contributed by atoms with Crippen LogP contribution in [0.2, 0.25) is 0 Å². The van der Waals surface area contributed by atoms with Crippen LogP contribution in [0.4, 0.5) is 0 Å². The smallest absolute Gasteiger partial charge is 0.161 e. The summed E-state index contributed by atoms with van der Waals surface area (Å²) >= 11 is 0. The largest absolute Gasteiger partial charge is 0.299 e. The van der Waals surface area contributed by atoms with Gasteiger partial charge in [-0.25, -0.2) is 0 Å². The van der Waals surface area contributed by atoms with Gasteiger partial charge in [-0.3, -0.25) is 14.4 Å². The summed E-state index contributed by atoms with van der Waals surface area (Å²) in [6.45, 7) is 6.05. The van der Waals surface area contributed by atoms with Gasteiger partial charge in [-0.1, -0.05) is 80.1 Å².